The average molecular weight is 632 g/mol. The fourth-order valence-corrected chi connectivity index (χ4v) is 5.26. The number of anilines is 2. The summed E-state index contributed by atoms with van der Waals surface area (Å²) in [6, 6.07) is 21.1. The van der Waals surface area contributed by atoms with Gasteiger partial charge in [-0.3, -0.25) is 4.79 Å². The summed E-state index contributed by atoms with van der Waals surface area (Å²) in [5.74, 6) is 0.245. The van der Waals surface area contributed by atoms with Gasteiger partial charge in [0.1, 0.15) is 16.8 Å². The first-order valence-electron chi connectivity index (χ1n) is 15.0. The minimum atomic E-state index is -0.778. The molecule has 0 aliphatic carbocycles. The topological polar surface area (TPSA) is 151 Å². The maximum Gasteiger partial charge on any atom is 0.407 e. The zero-order chi connectivity index (χ0) is 32.2. The van der Waals surface area contributed by atoms with Gasteiger partial charge in [0.25, 0.3) is 0 Å². The molecule has 4 rings (SSSR count). The zero-order valence-corrected chi connectivity index (χ0v) is 26.9. The van der Waals surface area contributed by atoms with Crippen LogP contribution in [0.3, 0.4) is 0 Å². The summed E-state index contributed by atoms with van der Waals surface area (Å²) in [6.45, 7) is 7.69. The molecule has 2 heterocycles. The van der Waals surface area contributed by atoms with Crippen molar-refractivity contribution in [1.82, 2.24) is 25.7 Å². The van der Waals surface area contributed by atoms with E-state index in [9.17, 15) is 14.7 Å². The van der Waals surface area contributed by atoms with E-state index in [0.717, 1.165) is 53.1 Å². The van der Waals surface area contributed by atoms with E-state index in [1.807, 2.05) is 94.4 Å². The first-order valence-corrected chi connectivity index (χ1v) is 15.8. The second-order valence-corrected chi connectivity index (χ2v) is 12.9. The number of benzene rings is 2. The lowest BCUT2D eigenvalue weighted by Gasteiger charge is -2.20. The highest BCUT2D eigenvalue weighted by Gasteiger charge is 2.17. The molecule has 45 heavy (non-hydrogen) atoms. The number of aliphatic hydroxyl groups is 1. The summed E-state index contributed by atoms with van der Waals surface area (Å²) in [6.07, 6.45) is 2.22. The van der Waals surface area contributed by atoms with E-state index in [4.69, 9.17) is 4.74 Å². The summed E-state index contributed by atoms with van der Waals surface area (Å²) in [7, 11) is 0. The molecule has 4 N–H and O–H groups in total. The van der Waals surface area contributed by atoms with E-state index in [-0.39, 0.29) is 18.2 Å². The molecule has 2 aromatic carbocycles. The number of nitrogens with zero attached hydrogens (tertiary/aromatic N) is 4. The predicted octanol–water partition coefficient (Wildman–Crippen LogP) is 5.63. The van der Waals surface area contributed by atoms with Crippen LogP contribution in [-0.2, 0) is 35.3 Å². The van der Waals surface area contributed by atoms with Crippen LogP contribution in [-0.4, -0.2) is 49.3 Å². The van der Waals surface area contributed by atoms with Crippen LogP contribution in [0, 0.1) is 0 Å². The van der Waals surface area contributed by atoms with Crippen LogP contribution < -0.4 is 16.0 Å². The number of amides is 2. The zero-order valence-electron chi connectivity index (χ0n) is 26.1. The lowest BCUT2D eigenvalue weighted by atomic mass is 10.00. The van der Waals surface area contributed by atoms with Gasteiger partial charge in [-0.05, 0) is 68.9 Å². The Balaban J connectivity index is 1.15. The number of nitrogens with one attached hydrogen (secondary N) is 3. The van der Waals surface area contributed by atoms with Crippen molar-refractivity contribution in [2.75, 3.05) is 10.6 Å². The van der Waals surface area contributed by atoms with Crippen LogP contribution in [0.15, 0.2) is 66.7 Å². The standard InChI is InChI=1S/C33H41N7O4S/c1-22(25-13-6-5-7-14-25)30(42)35-27-18-17-26(37-38-27)15-8-9-16-29-39-40-31(45-29)36-28(41)20-23-11-10-12-24(19-23)21-34-32(43)44-33(2,3)4/h5-7,10-14,17-19,22,30,42H,8-9,15-16,20-21H2,1-4H3,(H,34,43)(H,35,38)(H,36,40,41). The maximum atomic E-state index is 12.6. The van der Waals surface area contributed by atoms with Gasteiger partial charge in [0.15, 0.2) is 5.82 Å². The van der Waals surface area contributed by atoms with Gasteiger partial charge in [-0.2, -0.15) is 5.10 Å². The number of ether oxygens (including phenoxy) is 1. The molecular formula is C33H41N7O4S. The fraction of sp³-hybridized carbons (Fsp3) is 0.394. The number of hydrogen-bond donors (Lipinski definition) is 4. The monoisotopic (exact) mass is 631 g/mol. The Labute approximate surface area is 267 Å². The van der Waals surface area contributed by atoms with Crippen molar-refractivity contribution < 1.29 is 19.4 Å². The van der Waals surface area contributed by atoms with E-state index in [1.165, 1.54) is 11.3 Å². The number of aliphatic hydroxyl groups excluding tert-OH is 1. The summed E-state index contributed by atoms with van der Waals surface area (Å²) >= 11 is 1.37. The highest BCUT2D eigenvalue weighted by Crippen LogP contribution is 2.21. The van der Waals surface area contributed by atoms with Crippen molar-refractivity contribution in [1.29, 1.82) is 0 Å². The highest BCUT2D eigenvalue weighted by molar-refractivity contribution is 7.15. The number of carbonyl (C=O) groups is 2. The largest absolute Gasteiger partial charge is 0.444 e. The lowest BCUT2D eigenvalue weighted by Crippen LogP contribution is -2.32. The molecule has 0 aliphatic rings. The van der Waals surface area contributed by atoms with Crippen LogP contribution in [0.4, 0.5) is 15.7 Å². The smallest absolute Gasteiger partial charge is 0.407 e. The average Bonchev–Trinajstić information content (AvgIpc) is 3.45. The quantitative estimate of drug-likeness (QED) is 0.102. The molecule has 2 aromatic heterocycles. The molecule has 4 aromatic rings. The van der Waals surface area contributed by atoms with Gasteiger partial charge < -0.3 is 25.8 Å². The number of unbranched alkanes of at least 4 members (excludes halogenated alkanes) is 1. The summed E-state index contributed by atoms with van der Waals surface area (Å²) in [4.78, 5) is 24.5. The number of aromatic nitrogens is 4. The van der Waals surface area contributed by atoms with Gasteiger partial charge in [0.05, 0.1) is 12.1 Å². The third kappa shape index (κ3) is 11.5. The minimum absolute atomic E-state index is 0.0970. The van der Waals surface area contributed by atoms with Crippen molar-refractivity contribution in [3.8, 4) is 0 Å². The molecule has 2 amide bonds. The number of carbonyl (C=O) groups excluding carboxylic acids is 2. The molecule has 0 spiro atoms. The summed E-state index contributed by atoms with van der Waals surface area (Å²) in [5, 5.41) is 37.3. The van der Waals surface area contributed by atoms with E-state index in [1.54, 1.807) is 0 Å². The van der Waals surface area contributed by atoms with Crippen LogP contribution >= 0.6 is 11.3 Å². The Morgan fingerprint density at radius 2 is 1.67 bits per heavy atom. The molecule has 0 radical (unpaired) electrons. The van der Waals surface area contributed by atoms with Gasteiger partial charge in [-0.1, -0.05) is 72.9 Å². The molecule has 11 nitrogen and oxygen atoms in total. The molecule has 0 saturated carbocycles. The Morgan fingerprint density at radius 3 is 2.40 bits per heavy atom. The molecule has 0 fully saturated rings. The van der Waals surface area contributed by atoms with Gasteiger partial charge in [0.2, 0.25) is 11.0 Å². The second-order valence-electron chi connectivity index (χ2n) is 11.8. The fourth-order valence-electron chi connectivity index (χ4n) is 4.46. The van der Waals surface area contributed by atoms with Crippen LogP contribution in [0.5, 0.6) is 0 Å². The van der Waals surface area contributed by atoms with Gasteiger partial charge in [-0.15, -0.1) is 15.3 Å². The van der Waals surface area contributed by atoms with E-state index in [2.05, 4.69) is 36.3 Å². The third-order valence-electron chi connectivity index (χ3n) is 6.79. The second kappa shape index (κ2) is 16.1. The number of aryl methyl sites for hydroxylation is 2. The van der Waals surface area contributed by atoms with Crippen LogP contribution in [0.25, 0.3) is 0 Å². The molecule has 0 saturated heterocycles. The van der Waals surface area contributed by atoms with Crippen molar-refractivity contribution >= 4 is 34.3 Å². The minimum Gasteiger partial charge on any atom is -0.444 e. The lowest BCUT2D eigenvalue weighted by molar-refractivity contribution is -0.115. The first kappa shape index (κ1) is 33.5. The van der Waals surface area contributed by atoms with Gasteiger partial charge in [-0.25, -0.2) is 4.79 Å². The van der Waals surface area contributed by atoms with Crippen molar-refractivity contribution in [2.45, 2.75) is 84.1 Å². The Kier molecular flexibility index (Phi) is 11.9. The molecule has 238 valence electrons. The number of hydrogen-bond acceptors (Lipinski definition) is 10. The van der Waals surface area contributed by atoms with Crippen molar-refractivity contribution in [2.24, 2.45) is 0 Å². The number of rotatable bonds is 14. The van der Waals surface area contributed by atoms with Crippen molar-refractivity contribution in [3.05, 3.63) is 94.1 Å². The predicted molar refractivity (Wildman–Crippen MR) is 175 cm³/mol. The molecule has 2 atom stereocenters. The molecule has 0 aliphatic heterocycles. The van der Waals surface area contributed by atoms with E-state index in [0.29, 0.717) is 17.5 Å². The van der Waals surface area contributed by atoms with Crippen molar-refractivity contribution in [3.63, 3.8) is 0 Å². The summed E-state index contributed by atoms with van der Waals surface area (Å²) < 4.78 is 5.26. The third-order valence-corrected chi connectivity index (χ3v) is 7.69. The maximum absolute atomic E-state index is 12.6. The Hall–Kier alpha value is -4.42. The van der Waals surface area contributed by atoms with Crippen LogP contribution in [0.2, 0.25) is 0 Å². The Morgan fingerprint density at radius 1 is 0.911 bits per heavy atom. The molecule has 2 unspecified atom stereocenters. The molecule has 0 bridgehead atoms. The van der Waals surface area contributed by atoms with Gasteiger partial charge in [0, 0.05) is 18.9 Å². The number of alkyl carbamates (subject to hydrolysis) is 1. The first-order chi connectivity index (χ1) is 21.5. The van der Waals surface area contributed by atoms with Gasteiger partial charge >= 0.3 is 6.09 Å². The normalized spacial score (nSPS) is 12.6. The Bertz CT molecular complexity index is 1520. The van der Waals surface area contributed by atoms with E-state index < -0.39 is 17.9 Å². The molecular weight excluding hydrogens is 590 g/mol. The highest BCUT2D eigenvalue weighted by atomic mass is 32.1. The summed E-state index contributed by atoms with van der Waals surface area (Å²) in [5.41, 5.74) is 3.05. The van der Waals surface area contributed by atoms with Crippen LogP contribution in [0.1, 0.15) is 73.8 Å². The SMILES string of the molecule is CC(c1ccccc1)C(O)Nc1ccc(CCCCc2nnc(NC(=O)Cc3cccc(CNC(=O)OC(C)(C)C)c3)s2)nn1. The van der Waals surface area contributed by atoms with E-state index >= 15 is 0 Å². The molecule has 12 heteroatoms.